The van der Waals surface area contributed by atoms with Crippen molar-refractivity contribution in [2.24, 2.45) is 0 Å². The lowest BCUT2D eigenvalue weighted by atomic mass is 10.1. The summed E-state index contributed by atoms with van der Waals surface area (Å²) in [4.78, 5) is 17.3. The number of nitrogens with zero attached hydrogens (tertiary/aromatic N) is 3. The summed E-state index contributed by atoms with van der Waals surface area (Å²) in [5.74, 6) is 0.0897. The van der Waals surface area contributed by atoms with Crippen LogP contribution in [0.2, 0.25) is 0 Å². The van der Waals surface area contributed by atoms with Gasteiger partial charge in [0, 0.05) is 5.56 Å². The third kappa shape index (κ3) is 3.98. The maximum absolute atomic E-state index is 12.8. The van der Waals surface area contributed by atoms with Crippen LogP contribution in [0.3, 0.4) is 0 Å². The fraction of sp³-hybridized carbons (Fsp3) is 0.130. The van der Waals surface area contributed by atoms with E-state index < -0.39 is 5.97 Å². The fourth-order valence-electron chi connectivity index (χ4n) is 3.01. The highest BCUT2D eigenvalue weighted by atomic mass is 16.6. The number of benzene rings is 2. The highest BCUT2D eigenvalue weighted by molar-refractivity contribution is 6.04. The summed E-state index contributed by atoms with van der Waals surface area (Å²) >= 11 is 0. The molecule has 0 bridgehead atoms. The Morgan fingerprint density at radius 3 is 2.60 bits per heavy atom. The van der Waals surface area contributed by atoms with Gasteiger partial charge in [0.05, 0.1) is 34.0 Å². The van der Waals surface area contributed by atoms with Gasteiger partial charge < -0.3 is 14.0 Å². The molecular formula is C23H17N3O4. The first-order valence-electron chi connectivity index (χ1n) is 9.28. The highest BCUT2D eigenvalue weighted by Crippen LogP contribution is 2.27. The van der Waals surface area contributed by atoms with E-state index in [0.717, 1.165) is 5.56 Å². The van der Waals surface area contributed by atoms with Gasteiger partial charge in [-0.05, 0) is 37.3 Å². The minimum atomic E-state index is -0.505. The fourth-order valence-corrected chi connectivity index (χ4v) is 3.01. The van der Waals surface area contributed by atoms with Crippen molar-refractivity contribution in [1.29, 1.82) is 5.26 Å². The number of nitriles is 1. The Labute approximate surface area is 172 Å². The summed E-state index contributed by atoms with van der Waals surface area (Å²) in [5, 5.41) is 13.3. The third-order valence-corrected chi connectivity index (χ3v) is 4.48. The first-order valence-corrected chi connectivity index (χ1v) is 9.28. The van der Waals surface area contributed by atoms with E-state index in [4.69, 9.17) is 19.3 Å². The molecule has 0 saturated heterocycles. The molecule has 2 aromatic heterocycles. The minimum absolute atomic E-state index is 0.0631. The van der Waals surface area contributed by atoms with Crippen molar-refractivity contribution >= 4 is 17.1 Å². The van der Waals surface area contributed by atoms with Gasteiger partial charge in [0.15, 0.2) is 0 Å². The molecule has 0 atom stereocenters. The Morgan fingerprint density at radius 2 is 1.87 bits per heavy atom. The van der Waals surface area contributed by atoms with Crippen LogP contribution in [0.1, 0.15) is 21.6 Å². The lowest BCUT2D eigenvalue weighted by Gasteiger charge is -2.09. The molecule has 0 amide bonds. The smallest absolute Gasteiger partial charge is 0.339 e. The summed E-state index contributed by atoms with van der Waals surface area (Å²) in [6.07, 6.45) is 0. The van der Waals surface area contributed by atoms with Crippen LogP contribution in [0, 0.1) is 18.3 Å². The SMILES string of the molecule is Cc1noc2nc(-c3ccccc3)cc(C(=O)OCCOc3ccc(C#N)cc3)c12. The van der Waals surface area contributed by atoms with Crippen LogP contribution in [0.4, 0.5) is 0 Å². The minimum Gasteiger partial charge on any atom is -0.490 e. The summed E-state index contributed by atoms with van der Waals surface area (Å²) in [6, 6.07) is 19.9. The second-order valence-corrected chi connectivity index (χ2v) is 6.49. The molecule has 0 aliphatic carbocycles. The molecule has 4 rings (SSSR count). The van der Waals surface area contributed by atoms with Crippen molar-refractivity contribution < 1.29 is 18.8 Å². The molecule has 2 aromatic carbocycles. The van der Waals surface area contributed by atoms with E-state index in [1.54, 1.807) is 37.3 Å². The number of carbonyl (C=O) groups excluding carboxylic acids is 1. The number of aryl methyl sites for hydroxylation is 1. The van der Waals surface area contributed by atoms with Gasteiger partial charge in [0.25, 0.3) is 5.71 Å². The van der Waals surface area contributed by atoms with Crippen molar-refractivity contribution in [3.8, 4) is 23.1 Å². The van der Waals surface area contributed by atoms with Gasteiger partial charge in [-0.2, -0.15) is 5.26 Å². The molecule has 0 radical (unpaired) electrons. The second-order valence-electron chi connectivity index (χ2n) is 6.49. The van der Waals surface area contributed by atoms with Gasteiger partial charge in [-0.3, -0.25) is 0 Å². The molecular weight excluding hydrogens is 382 g/mol. The molecule has 0 N–H and O–H groups in total. The van der Waals surface area contributed by atoms with Crippen molar-refractivity contribution in [3.05, 3.63) is 77.5 Å². The second kappa shape index (κ2) is 8.45. The molecule has 2 heterocycles. The maximum Gasteiger partial charge on any atom is 0.339 e. The summed E-state index contributed by atoms with van der Waals surface area (Å²) in [5.41, 5.74) is 3.20. The molecule has 0 spiro atoms. The van der Waals surface area contributed by atoms with E-state index in [-0.39, 0.29) is 18.9 Å². The van der Waals surface area contributed by atoms with E-state index in [1.807, 2.05) is 36.4 Å². The highest BCUT2D eigenvalue weighted by Gasteiger charge is 2.20. The summed E-state index contributed by atoms with van der Waals surface area (Å²) in [7, 11) is 0. The number of fused-ring (bicyclic) bond motifs is 1. The monoisotopic (exact) mass is 399 g/mol. The van der Waals surface area contributed by atoms with Crippen LogP contribution in [-0.4, -0.2) is 29.3 Å². The van der Waals surface area contributed by atoms with E-state index in [2.05, 4.69) is 10.1 Å². The Hall–Kier alpha value is -4.18. The van der Waals surface area contributed by atoms with E-state index >= 15 is 0 Å². The van der Waals surface area contributed by atoms with E-state index in [1.165, 1.54) is 0 Å². The van der Waals surface area contributed by atoms with E-state index in [0.29, 0.717) is 33.7 Å². The Morgan fingerprint density at radius 1 is 1.10 bits per heavy atom. The molecule has 7 heteroatoms. The van der Waals surface area contributed by atoms with Gasteiger partial charge in [0.1, 0.15) is 19.0 Å². The number of ether oxygens (including phenoxy) is 2. The molecule has 0 aliphatic heterocycles. The van der Waals surface area contributed by atoms with Crippen molar-refractivity contribution in [2.45, 2.75) is 6.92 Å². The van der Waals surface area contributed by atoms with Crippen molar-refractivity contribution in [1.82, 2.24) is 10.1 Å². The quantitative estimate of drug-likeness (QED) is 0.352. The number of carbonyl (C=O) groups is 1. The van der Waals surface area contributed by atoms with Crippen molar-refractivity contribution in [2.75, 3.05) is 13.2 Å². The lowest BCUT2D eigenvalue weighted by molar-refractivity contribution is 0.0452. The standard InChI is InChI=1S/C23H17N3O4/c1-15-21-19(13-20(25-22(21)30-26-15)17-5-3-2-4-6-17)23(27)29-12-11-28-18-9-7-16(14-24)8-10-18/h2-10,13H,11-12H2,1H3. The van der Waals surface area contributed by atoms with Gasteiger partial charge in [-0.15, -0.1) is 0 Å². The zero-order valence-electron chi connectivity index (χ0n) is 16.2. The van der Waals surface area contributed by atoms with Crippen LogP contribution in [-0.2, 0) is 4.74 Å². The Bertz CT molecular complexity index is 1230. The molecule has 30 heavy (non-hydrogen) atoms. The van der Waals surface area contributed by atoms with Crippen LogP contribution in [0.25, 0.3) is 22.4 Å². The van der Waals surface area contributed by atoms with Gasteiger partial charge in [-0.25, -0.2) is 9.78 Å². The molecule has 148 valence electrons. The van der Waals surface area contributed by atoms with Crippen molar-refractivity contribution in [3.63, 3.8) is 0 Å². The first-order chi connectivity index (χ1) is 14.7. The van der Waals surface area contributed by atoms with Crippen LogP contribution >= 0.6 is 0 Å². The van der Waals surface area contributed by atoms with Crippen LogP contribution in [0.15, 0.2) is 65.2 Å². The lowest BCUT2D eigenvalue weighted by Crippen LogP contribution is -2.13. The van der Waals surface area contributed by atoms with Crippen LogP contribution in [0.5, 0.6) is 5.75 Å². The number of esters is 1. The molecule has 7 nitrogen and oxygen atoms in total. The first kappa shape index (κ1) is 19.2. The topological polar surface area (TPSA) is 98.2 Å². The van der Waals surface area contributed by atoms with Gasteiger partial charge in [-0.1, -0.05) is 35.5 Å². The van der Waals surface area contributed by atoms with Crippen LogP contribution < -0.4 is 4.74 Å². The number of hydrogen-bond acceptors (Lipinski definition) is 7. The average molecular weight is 399 g/mol. The molecule has 0 aliphatic rings. The number of hydrogen-bond donors (Lipinski definition) is 0. The number of rotatable bonds is 6. The van der Waals surface area contributed by atoms with Gasteiger partial charge in [0.2, 0.25) is 0 Å². The molecule has 0 fully saturated rings. The number of pyridine rings is 1. The summed E-state index contributed by atoms with van der Waals surface area (Å²) < 4.78 is 16.2. The Kier molecular flexibility index (Phi) is 5.39. The summed E-state index contributed by atoms with van der Waals surface area (Å²) in [6.45, 7) is 1.99. The van der Waals surface area contributed by atoms with Gasteiger partial charge >= 0.3 is 5.97 Å². The normalized spacial score (nSPS) is 10.5. The predicted molar refractivity (Wildman–Crippen MR) is 109 cm³/mol. The zero-order chi connectivity index (χ0) is 20.9. The van der Waals surface area contributed by atoms with E-state index in [9.17, 15) is 4.79 Å². The zero-order valence-corrected chi connectivity index (χ0v) is 16.2. The predicted octanol–water partition coefficient (Wildman–Crippen LogP) is 4.31. The average Bonchev–Trinajstić information content (AvgIpc) is 3.17. The maximum atomic E-state index is 12.8. The Balaban J connectivity index is 1.49. The molecule has 0 unspecified atom stereocenters. The third-order valence-electron chi connectivity index (χ3n) is 4.48. The molecule has 0 saturated carbocycles. The largest absolute Gasteiger partial charge is 0.490 e. The molecule has 4 aromatic rings. The number of aromatic nitrogens is 2.